The normalized spacial score (nSPS) is 11.1. The fraction of sp³-hybridized carbons (Fsp3) is 0.118. The van der Waals surface area contributed by atoms with Crippen molar-refractivity contribution in [2.45, 2.75) is 4.90 Å². The van der Waals surface area contributed by atoms with Crippen molar-refractivity contribution < 1.29 is 14.5 Å². The molecule has 0 saturated heterocycles. The third-order valence-corrected chi connectivity index (χ3v) is 4.09. The minimum atomic E-state index is -0.458. The van der Waals surface area contributed by atoms with Crippen molar-refractivity contribution in [2.75, 3.05) is 12.9 Å². The average Bonchev–Trinajstić information content (AvgIpc) is 2.59. The van der Waals surface area contributed by atoms with E-state index in [9.17, 15) is 14.9 Å². The molecule has 0 heterocycles. The van der Waals surface area contributed by atoms with E-state index in [0.29, 0.717) is 16.9 Å². The summed E-state index contributed by atoms with van der Waals surface area (Å²) in [5.74, 6) is 0.0417. The Kier molecular flexibility index (Phi) is 5.94. The number of rotatable bonds is 6. The molecule has 2 aromatic rings. The number of nitro benzene ring substituents is 1. The first-order valence-electron chi connectivity index (χ1n) is 6.81. The second-order valence-electron chi connectivity index (χ2n) is 4.61. The molecule has 2 rings (SSSR count). The number of nitrogens with zero attached hydrogens (tertiary/aromatic N) is 1. The van der Waals surface area contributed by atoms with E-state index in [1.165, 1.54) is 31.0 Å². The van der Waals surface area contributed by atoms with Crippen LogP contribution in [-0.4, -0.2) is 23.8 Å². The second-order valence-corrected chi connectivity index (χ2v) is 5.66. The Hall–Kier alpha value is -2.60. The summed E-state index contributed by atoms with van der Waals surface area (Å²) >= 11 is 1.52. The zero-order valence-corrected chi connectivity index (χ0v) is 13.3. The zero-order valence-electron chi connectivity index (χ0n) is 12.5. The number of carbonyl (C=O) groups is 1. The molecule has 23 heavy (non-hydrogen) atoms. The van der Waals surface area contributed by atoms with Crippen LogP contribution in [0, 0.1) is 10.1 Å². The molecule has 0 amide bonds. The first kappa shape index (κ1) is 16.8. The van der Waals surface area contributed by atoms with Crippen LogP contribution in [0.2, 0.25) is 0 Å². The van der Waals surface area contributed by atoms with Gasteiger partial charge in [-0.15, -0.1) is 11.8 Å². The third kappa shape index (κ3) is 4.96. The maximum Gasteiger partial charge on any atom is 0.334 e. The van der Waals surface area contributed by atoms with Gasteiger partial charge in [-0.25, -0.2) is 4.79 Å². The van der Waals surface area contributed by atoms with Crippen molar-refractivity contribution >= 4 is 29.5 Å². The van der Waals surface area contributed by atoms with E-state index >= 15 is 0 Å². The Labute approximate surface area is 138 Å². The molecule has 0 aliphatic carbocycles. The van der Waals surface area contributed by atoms with E-state index in [2.05, 4.69) is 0 Å². The summed E-state index contributed by atoms with van der Waals surface area (Å²) in [4.78, 5) is 23.2. The molecule has 0 radical (unpaired) electrons. The van der Waals surface area contributed by atoms with Crippen LogP contribution < -0.4 is 0 Å². The SMILES string of the molecule is COC(=O)/C(=C/c1ccc([N+](=O)[O-])cc1)CSc1ccccc1. The van der Waals surface area contributed by atoms with E-state index in [1.807, 2.05) is 30.3 Å². The summed E-state index contributed by atoms with van der Waals surface area (Å²) in [6.45, 7) is 0. The van der Waals surface area contributed by atoms with Gasteiger partial charge in [-0.3, -0.25) is 10.1 Å². The predicted molar refractivity (Wildman–Crippen MR) is 90.3 cm³/mol. The number of non-ortho nitro benzene ring substituents is 1. The molecule has 0 aliphatic rings. The number of nitro groups is 1. The van der Waals surface area contributed by atoms with Gasteiger partial charge in [0.2, 0.25) is 0 Å². The Bertz CT molecular complexity index is 711. The number of hydrogen-bond donors (Lipinski definition) is 0. The van der Waals surface area contributed by atoms with Gasteiger partial charge >= 0.3 is 5.97 Å². The Morgan fingerprint density at radius 1 is 1.17 bits per heavy atom. The fourth-order valence-electron chi connectivity index (χ4n) is 1.86. The highest BCUT2D eigenvalue weighted by Crippen LogP contribution is 2.22. The molecule has 0 bridgehead atoms. The quantitative estimate of drug-likeness (QED) is 0.264. The van der Waals surface area contributed by atoms with Gasteiger partial charge in [-0.2, -0.15) is 0 Å². The molecule has 0 N–H and O–H groups in total. The number of methoxy groups -OCH3 is 1. The van der Waals surface area contributed by atoms with Gasteiger partial charge in [-0.05, 0) is 35.9 Å². The number of ether oxygens (including phenoxy) is 1. The number of hydrogen-bond acceptors (Lipinski definition) is 5. The highest BCUT2D eigenvalue weighted by molar-refractivity contribution is 7.99. The summed E-state index contributed by atoms with van der Waals surface area (Å²) in [6.07, 6.45) is 1.69. The molecule has 0 spiro atoms. The summed E-state index contributed by atoms with van der Waals surface area (Å²) in [7, 11) is 1.33. The molecule has 0 aliphatic heterocycles. The minimum absolute atomic E-state index is 0.0143. The lowest BCUT2D eigenvalue weighted by Crippen LogP contribution is -2.06. The summed E-state index contributed by atoms with van der Waals surface area (Å²) in [5, 5.41) is 10.7. The Balaban J connectivity index is 2.16. The van der Waals surface area contributed by atoms with Gasteiger partial charge in [0.1, 0.15) is 0 Å². The highest BCUT2D eigenvalue weighted by atomic mass is 32.2. The van der Waals surface area contributed by atoms with Crippen molar-refractivity contribution in [3.05, 3.63) is 75.8 Å². The van der Waals surface area contributed by atoms with Crippen molar-refractivity contribution in [3.8, 4) is 0 Å². The summed E-state index contributed by atoms with van der Waals surface area (Å²) in [5.41, 5.74) is 1.22. The molecule has 118 valence electrons. The average molecular weight is 329 g/mol. The summed E-state index contributed by atoms with van der Waals surface area (Å²) < 4.78 is 4.81. The lowest BCUT2D eigenvalue weighted by molar-refractivity contribution is -0.384. The minimum Gasteiger partial charge on any atom is -0.466 e. The number of carbonyl (C=O) groups excluding carboxylic acids is 1. The predicted octanol–water partition coefficient (Wildman–Crippen LogP) is 3.94. The van der Waals surface area contributed by atoms with Gasteiger partial charge in [0, 0.05) is 28.4 Å². The number of benzene rings is 2. The molecule has 6 heteroatoms. The van der Waals surface area contributed by atoms with Crippen LogP contribution in [0.4, 0.5) is 5.69 Å². The fourth-order valence-corrected chi connectivity index (χ4v) is 2.73. The van der Waals surface area contributed by atoms with Crippen LogP contribution in [-0.2, 0) is 9.53 Å². The molecule has 0 fully saturated rings. The van der Waals surface area contributed by atoms with Crippen molar-refractivity contribution in [2.24, 2.45) is 0 Å². The molecule has 0 unspecified atom stereocenters. The first-order chi connectivity index (χ1) is 11.1. The lowest BCUT2D eigenvalue weighted by Gasteiger charge is -2.06. The van der Waals surface area contributed by atoms with Gasteiger partial charge in [0.15, 0.2) is 0 Å². The summed E-state index contributed by atoms with van der Waals surface area (Å²) in [6, 6.07) is 15.7. The van der Waals surface area contributed by atoms with Crippen LogP contribution in [0.15, 0.2) is 65.1 Å². The zero-order chi connectivity index (χ0) is 16.7. The van der Waals surface area contributed by atoms with Crippen LogP contribution in [0.1, 0.15) is 5.56 Å². The molecule has 0 atom stereocenters. The first-order valence-corrected chi connectivity index (χ1v) is 7.80. The number of esters is 1. The maximum atomic E-state index is 11.9. The molecule has 2 aromatic carbocycles. The second kappa shape index (κ2) is 8.14. The van der Waals surface area contributed by atoms with E-state index < -0.39 is 10.9 Å². The molecular weight excluding hydrogens is 314 g/mol. The lowest BCUT2D eigenvalue weighted by atomic mass is 10.1. The third-order valence-electron chi connectivity index (χ3n) is 3.03. The van der Waals surface area contributed by atoms with E-state index in [4.69, 9.17) is 4.74 Å². The Morgan fingerprint density at radius 2 is 1.83 bits per heavy atom. The van der Waals surface area contributed by atoms with Gasteiger partial charge in [0.25, 0.3) is 5.69 Å². The molecule has 0 saturated carbocycles. The van der Waals surface area contributed by atoms with Gasteiger partial charge in [0.05, 0.1) is 12.0 Å². The van der Waals surface area contributed by atoms with E-state index in [-0.39, 0.29) is 5.69 Å². The standard InChI is InChI=1S/C17H15NO4S/c1-22-17(19)14(12-23-16-5-3-2-4-6-16)11-13-7-9-15(10-8-13)18(20)21/h2-11H,12H2,1H3/b14-11+. The molecule has 5 nitrogen and oxygen atoms in total. The van der Waals surface area contributed by atoms with Crippen molar-refractivity contribution in [1.82, 2.24) is 0 Å². The van der Waals surface area contributed by atoms with Crippen molar-refractivity contribution in [1.29, 1.82) is 0 Å². The largest absolute Gasteiger partial charge is 0.466 e. The van der Waals surface area contributed by atoms with Crippen LogP contribution >= 0.6 is 11.8 Å². The number of thioether (sulfide) groups is 1. The monoisotopic (exact) mass is 329 g/mol. The van der Waals surface area contributed by atoms with E-state index in [1.54, 1.807) is 18.2 Å². The van der Waals surface area contributed by atoms with Crippen LogP contribution in [0.5, 0.6) is 0 Å². The van der Waals surface area contributed by atoms with E-state index in [0.717, 1.165) is 4.90 Å². The van der Waals surface area contributed by atoms with Crippen LogP contribution in [0.25, 0.3) is 6.08 Å². The smallest absolute Gasteiger partial charge is 0.334 e. The van der Waals surface area contributed by atoms with Gasteiger partial charge < -0.3 is 4.74 Å². The Morgan fingerprint density at radius 3 is 2.39 bits per heavy atom. The van der Waals surface area contributed by atoms with Crippen LogP contribution in [0.3, 0.4) is 0 Å². The highest BCUT2D eigenvalue weighted by Gasteiger charge is 2.11. The molecule has 0 aromatic heterocycles. The van der Waals surface area contributed by atoms with Gasteiger partial charge in [-0.1, -0.05) is 18.2 Å². The topological polar surface area (TPSA) is 69.4 Å². The molecular formula is C17H15NO4S. The van der Waals surface area contributed by atoms with Crippen molar-refractivity contribution in [3.63, 3.8) is 0 Å². The maximum absolute atomic E-state index is 11.9.